The molecule has 0 spiro atoms. The monoisotopic (exact) mass is 260 g/mol. The van der Waals surface area contributed by atoms with Gasteiger partial charge in [0.05, 0.1) is 5.75 Å². The zero-order valence-electron chi connectivity index (χ0n) is 9.30. The molecule has 0 aliphatic carbocycles. The topological polar surface area (TPSA) is 105 Å². The second-order valence-corrected chi connectivity index (χ2v) is 5.33. The van der Waals surface area contributed by atoms with Crippen molar-refractivity contribution in [1.82, 2.24) is 4.57 Å². The van der Waals surface area contributed by atoms with Gasteiger partial charge in [-0.25, -0.2) is 17.8 Å². The Morgan fingerprint density at radius 2 is 2.06 bits per heavy atom. The first-order valence-corrected chi connectivity index (χ1v) is 6.40. The van der Waals surface area contributed by atoms with Crippen molar-refractivity contribution >= 4 is 21.8 Å². The lowest BCUT2D eigenvalue weighted by Gasteiger charge is -2.08. The van der Waals surface area contributed by atoms with E-state index in [9.17, 15) is 18.0 Å². The van der Waals surface area contributed by atoms with Crippen LogP contribution in [0.2, 0.25) is 0 Å². The maximum Gasteiger partial charge on any atom is 0.418 e. The smallest absolute Gasteiger partial charge is 0.418 e. The van der Waals surface area contributed by atoms with Gasteiger partial charge in [-0.15, -0.1) is 0 Å². The number of hydrogen-bond acceptors (Lipinski definition) is 4. The van der Waals surface area contributed by atoms with Crippen LogP contribution in [0.3, 0.4) is 0 Å². The van der Waals surface area contributed by atoms with E-state index in [0.29, 0.717) is 4.57 Å². The summed E-state index contributed by atoms with van der Waals surface area (Å²) in [5.74, 6) is -0.201. The summed E-state index contributed by atoms with van der Waals surface area (Å²) in [4.78, 5) is 22.5. The third kappa shape index (κ3) is 2.84. The summed E-state index contributed by atoms with van der Waals surface area (Å²) < 4.78 is 25.1. The molecule has 0 aromatic carbocycles. The van der Waals surface area contributed by atoms with Gasteiger partial charge in [-0.2, -0.15) is 0 Å². The summed E-state index contributed by atoms with van der Waals surface area (Å²) in [6, 6.07) is 2.59. The SMILES string of the molecule is CCS(=O)(=O)Nc1ccc(C)n(C(=O)O)c1=O. The summed E-state index contributed by atoms with van der Waals surface area (Å²) >= 11 is 0. The number of nitrogens with one attached hydrogen (secondary N) is 1. The highest BCUT2D eigenvalue weighted by atomic mass is 32.2. The van der Waals surface area contributed by atoms with Crippen LogP contribution >= 0.6 is 0 Å². The number of nitrogens with zero attached hydrogens (tertiary/aromatic N) is 1. The van der Waals surface area contributed by atoms with E-state index in [1.54, 1.807) is 0 Å². The zero-order valence-corrected chi connectivity index (χ0v) is 10.1. The van der Waals surface area contributed by atoms with Gasteiger partial charge < -0.3 is 5.11 Å². The molecule has 8 heteroatoms. The van der Waals surface area contributed by atoms with E-state index in [4.69, 9.17) is 5.11 Å². The number of sulfonamides is 1. The third-order valence-electron chi connectivity index (χ3n) is 2.11. The van der Waals surface area contributed by atoms with Gasteiger partial charge in [-0.3, -0.25) is 9.52 Å². The van der Waals surface area contributed by atoms with Crippen LogP contribution in [-0.2, 0) is 10.0 Å². The molecule has 0 amide bonds. The maximum atomic E-state index is 11.7. The van der Waals surface area contributed by atoms with Crippen LogP contribution in [0.5, 0.6) is 0 Å². The highest BCUT2D eigenvalue weighted by Gasteiger charge is 2.15. The van der Waals surface area contributed by atoms with E-state index in [1.165, 1.54) is 26.0 Å². The molecule has 1 aromatic heterocycles. The Balaban J connectivity index is 3.35. The van der Waals surface area contributed by atoms with Crippen molar-refractivity contribution in [2.45, 2.75) is 13.8 Å². The fraction of sp³-hybridized carbons (Fsp3) is 0.333. The summed E-state index contributed by atoms with van der Waals surface area (Å²) in [7, 11) is -3.61. The Bertz CT molecular complexity index is 602. The molecule has 0 radical (unpaired) electrons. The third-order valence-corrected chi connectivity index (χ3v) is 3.41. The normalized spacial score (nSPS) is 11.2. The lowest BCUT2D eigenvalue weighted by atomic mass is 10.3. The van der Waals surface area contributed by atoms with Crippen LogP contribution in [0.1, 0.15) is 12.6 Å². The van der Waals surface area contributed by atoms with Gasteiger partial charge in [-0.05, 0) is 26.0 Å². The molecule has 1 rings (SSSR count). The van der Waals surface area contributed by atoms with Crippen molar-refractivity contribution < 1.29 is 18.3 Å². The number of carboxylic acid groups (broad SMARTS) is 1. The van der Waals surface area contributed by atoms with Crippen molar-refractivity contribution in [3.05, 3.63) is 28.2 Å². The molecular formula is C9H12N2O5S. The number of hydrogen-bond donors (Lipinski definition) is 2. The first-order chi connectivity index (χ1) is 7.78. The van der Waals surface area contributed by atoms with Crippen molar-refractivity contribution in [1.29, 1.82) is 0 Å². The Labute approximate surface area is 97.7 Å². The molecule has 1 heterocycles. The molecule has 0 saturated heterocycles. The van der Waals surface area contributed by atoms with E-state index in [-0.39, 0.29) is 17.1 Å². The minimum atomic E-state index is -3.61. The number of aryl methyl sites for hydroxylation is 1. The highest BCUT2D eigenvalue weighted by Crippen LogP contribution is 2.05. The minimum Gasteiger partial charge on any atom is -0.464 e. The van der Waals surface area contributed by atoms with Crippen LogP contribution in [0, 0.1) is 6.92 Å². The van der Waals surface area contributed by atoms with E-state index < -0.39 is 21.7 Å². The van der Waals surface area contributed by atoms with Crippen LogP contribution < -0.4 is 10.3 Å². The van der Waals surface area contributed by atoms with Crippen LogP contribution in [0.4, 0.5) is 10.5 Å². The average Bonchev–Trinajstić information content (AvgIpc) is 2.22. The zero-order chi connectivity index (χ0) is 13.2. The van der Waals surface area contributed by atoms with Crippen molar-refractivity contribution in [3.8, 4) is 0 Å². The molecular weight excluding hydrogens is 248 g/mol. The molecule has 2 N–H and O–H groups in total. The summed E-state index contributed by atoms with van der Waals surface area (Å²) in [5.41, 5.74) is -0.976. The summed E-state index contributed by atoms with van der Waals surface area (Å²) in [5, 5.41) is 8.81. The minimum absolute atomic E-state index is 0.201. The molecule has 1 aromatic rings. The van der Waals surface area contributed by atoms with Gasteiger partial charge in [0, 0.05) is 5.69 Å². The Morgan fingerprint density at radius 1 is 1.47 bits per heavy atom. The largest absolute Gasteiger partial charge is 0.464 e. The Morgan fingerprint density at radius 3 is 2.53 bits per heavy atom. The number of carbonyl (C=O) groups is 1. The van der Waals surface area contributed by atoms with Crippen LogP contribution in [0.25, 0.3) is 0 Å². The van der Waals surface area contributed by atoms with Crippen molar-refractivity contribution in [2.75, 3.05) is 10.5 Å². The molecule has 0 aliphatic rings. The first kappa shape index (κ1) is 13.2. The molecule has 17 heavy (non-hydrogen) atoms. The van der Waals surface area contributed by atoms with Gasteiger partial charge in [0.25, 0.3) is 5.56 Å². The second-order valence-electron chi connectivity index (χ2n) is 3.32. The molecule has 0 atom stereocenters. The van der Waals surface area contributed by atoms with Gasteiger partial charge in [0.15, 0.2) is 0 Å². The lowest BCUT2D eigenvalue weighted by Crippen LogP contribution is -2.31. The molecule has 0 unspecified atom stereocenters. The van der Waals surface area contributed by atoms with Crippen LogP contribution in [-0.4, -0.2) is 29.9 Å². The van der Waals surface area contributed by atoms with E-state index in [1.807, 2.05) is 4.72 Å². The first-order valence-electron chi connectivity index (χ1n) is 4.75. The summed E-state index contributed by atoms with van der Waals surface area (Å²) in [6.07, 6.45) is -1.45. The van der Waals surface area contributed by atoms with Crippen LogP contribution in [0.15, 0.2) is 16.9 Å². The lowest BCUT2D eigenvalue weighted by molar-refractivity contribution is 0.194. The van der Waals surface area contributed by atoms with E-state index >= 15 is 0 Å². The van der Waals surface area contributed by atoms with Gasteiger partial charge in [0.1, 0.15) is 5.69 Å². The molecule has 0 saturated carbocycles. The Kier molecular flexibility index (Phi) is 3.56. The number of pyridine rings is 1. The highest BCUT2D eigenvalue weighted by molar-refractivity contribution is 7.92. The molecule has 0 aliphatic heterocycles. The fourth-order valence-electron chi connectivity index (χ4n) is 1.19. The van der Waals surface area contributed by atoms with Crippen molar-refractivity contribution in [3.63, 3.8) is 0 Å². The second kappa shape index (κ2) is 4.58. The molecule has 7 nitrogen and oxygen atoms in total. The number of anilines is 1. The molecule has 94 valence electrons. The molecule has 0 fully saturated rings. The quantitative estimate of drug-likeness (QED) is 0.820. The Hall–Kier alpha value is -1.83. The van der Waals surface area contributed by atoms with Crippen molar-refractivity contribution in [2.24, 2.45) is 0 Å². The summed E-state index contributed by atoms with van der Waals surface area (Å²) in [6.45, 7) is 2.85. The predicted molar refractivity (Wildman–Crippen MR) is 61.9 cm³/mol. The molecule has 0 bridgehead atoms. The predicted octanol–water partition coefficient (Wildman–Crippen LogP) is 0.444. The maximum absolute atomic E-state index is 11.7. The van der Waals surface area contributed by atoms with E-state index in [0.717, 1.165) is 0 Å². The van der Waals surface area contributed by atoms with E-state index in [2.05, 4.69) is 0 Å². The standard InChI is InChI=1S/C9H12N2O5S/c1-3-17(15,16)10-7-5-4-6(2)11(8(7)12)9(13)14/h4-5,10H,3H2,1-2H3,(H,13,14). The number of rotatable bonds is 3. The van der Waals surface area contributed by atoms with Gasteiger partial charge in [0.2, 0.25) is 10.0 Å². The van der Waals surface area contributed by atoms with Gasteiger partial charge in [-0.1, -0.05) is 0 Å². The average molecular weight is 260 g/mol. The fourth-order valence-corrected chi connectivity index (χ4v) is 1.82. The number of aromatic nitrogens is 1. The van der Waals surface area contributed by atoms with Gasteiger partial charge >= 0.3 is 6.09 Å².